The first-order valence-electron chi connectivity index (χ1n) is 9.76. The summed E-state index contributed by atoms with van der Waals surface area (Å²) in [5.74, 6) is -5.31. The van der Waals surface area contributed by atoms with E-state index in [-0.39, 0.29) is 29.0 Å². The Bertz CT molecular complexity index is 1170. The molecular formula is C21H18N6O8. The van der Waals surface area contributed by atoms with E-state index in [0.29, 0.717) is 11.4 Å². The predicted octanol–water partition coefficient (Wildman–Crippen LogP) is 1.73. The van der Waals surface area contributed by atoms with Crippen LogP contribution in [0.1, 0.15) is 20.7 Å². The van der Waals surface area contributed by atoms with Crippen molar-refractivity contribution in [3.05, 3.63) is 59.7 Å². The summed E-state index contributed by atoms with van der Waals surface area (Å²) in [4.78, 5) is 57.9. The van der Waals surface area contributed by atoms with Crippen molar-refractivity contribution in [3.63, 3.8) is 0 Å². The highest BCUT2D eigenvalue weighted by Crippen LogP contribution is 2.21. The largest absolute Gasteiger partial charge is 0.480 e. The molecule has 0 amide bonds. The molecule has 1 aromatic heterocycles. The average molecular weight is 482 g/mol. The van der Waals surface area contributed by atoms with E-state index in [2.05, 4.69) is 25.6 Å². The monoisotopic (exact) mass is 482 g/mol. The second-order valence-corrected chi connectivity index (χ2v) is 6.94. The summed E-state index contributed by atoms with van der Waals surface area (Å²) in [7, 11) is 0. The summed E-state index contributed by atoms with van der Waals surface area (Å²) < 4.78 is 0. The van der Waals surface area contributed by atoms with E-state index in [4.69, 9.17) is 10.2 Å². The Morgan fingerprint density at radius 1 is 0.629 bits per heavy atom. The highest BCUT2D eigenvalue weighted by molar-refractivity contribution is 5.88. The summed E-state index contributed by atoms with van der Waals surface area (Å²) in [6, 6.07) is 11.2. The van der Waals surface area contributed by atoms with Crippen LogP contribution in [0.25, 0.3) is 0 Å². The fourth-order valence-corrected chi connectivity index (χ4v) is 2.79. The van der Waals surface area contributed by atoms with Crippen LogP contribution in [-0.4, -0.2) is 72.3 Å². The zero-order valence-electron chi connectivity index (χ0n) is 17.7. The normalized spacial score (nSPS) is 10.3. The molecule has 0 spiro atoms. The van der Waals surface area contributed by atoms with Crippen molar-refractivity contribution in [1.82, 2.24) is 15.0 Å². The van der Waals surface area contributed by atoms with E-state index in [9.17, 15) is 29.4 Å². The molecule has 6 N–H and O–H groups in total. The van der Waals surface area contributed by atoms with Gasteiger partial charge in [-0.15, -0.1) is 0 Å². The Hall–Kier alpha value is -5.27. The summed E-state index contributed by atoms with van der Waals surface area (Å²) in [6.45, 7) is -1.42. The van der Waals surface area contributed by atoms with Gasteiger partial charge in [-0.3, -0.25) is 9.59 Å². The number of benzene rings is 2. The number of carboxylic acid groups (broad SMARTS) is 4. The Labute approximate surface area is 196 Å². The zero-order valence-corrected chi connectivity index (χ0v) is 17.7. The van der Waals surface area contributed by atoms with Crippen LogP contribution in [0.3, 0.4) is 0 Å². The third kappa shape index (κ3) is 6.85. The van der Waals surface area contributed by atoms with Crippen molar-refractivity contribution in [3.8, 4) is 0 Å². The van der Waals surface area contributed by atoms with Gasteiger partial charge < -0.3 is 36.0 Å². The number of nitrogens with one attached hydrogen (secondary N) is 2. The van der Waals surface area contributed by atoms with Crippen molar-refractivity contribution in [2.45, 2.75) is 0 Å². The van der Waals surface area contributed by atoms with Gasteiger partial charge in [-0.2, -0.15) is 15.0 Å². The Morgan fingerprint density at radius 2 is 1.00 bits per heavy atom. The van der Waals surface area contributed by atoms with Gasteiger partial charge in [-0.1, -0.05) is 0 Å². The van der Waals surface area contributed by atoms with Gasteiger partial charge in [0.2, 0.25) is 17.8 Å². The highest BCUT2D eigenvalue weighted by atomic mass is 16.4. The molecule has 0 aliphatic heterocycles. The topological polar surface area (TPSA) is 215 Å². The molecule has 0 unspecified atom stereocenters. The number of rotatable bonds is 11. The van der Waals surface area contributed by atoms with Crippen molar-refractivity contribution < 1.29 is 39.6 Å². The molecule has 2 aromatic carbocycles. The van der Waals surface area contributed by atoms with E-state index < -0.39 is 37.0 Å². The molecule has 0 radical (unpaired) electrons. The average Bonchev–Trinajstić information content (AvgIpc) is 2.78. The van der Waals surface area contributed by atoms with E-state index in [1.807, 2.05) is 0 Å². The fraction of sp³-hybridized carbons (Fsp3) is 0.0952. The lowest BCUT2D eigenvalue weighted by molar-refractivity contribution is -0.136. The molecular weight excluding hydrogens is 464 g/mol. The number of aliphatic carboxylic acids is 2. The first-order chi connectivity index (χ1) is 16.6. The summed E-state index contributed by atoms with van der Waals surface area (Å²) in [6.07, 6.45) is 0. The van der Waals surface area contributed by atoms with Gasteiger partial charge in [0.15, 0.2) is 0 Å². The van der Waals surface area contributed by atoms with Crippen LogP contribution in [0.5, 0.6) is 0 Å². The number of hydrogen-bond donors (Lipinski definition) is 6. The Balaban J connectivity index is 1.98. The number of carbonyl (C=O) groups is 4. The maximum Gasteiger partial charge on any atom is 0.335 e. The fourth-order valence-electron chi connectivity index (χ4n) is 2.79. The molecule has 0 fully saturated rings. The number of aromatic carboxylic acids is 2. The van der Waals surface area contributed by atoms with Gasteiger partial charge in [0.05, 0.1) is 11.1 Å². The van der Waals surface area contributed by atoms with Crippen molar-refractivity contribution >= 4 is 53.1 Å². The first-order valence-corrected chi connectivity index (χ1v) is 9.76. The standard InChI is InChI=1S/C21H18N6O8/c28-15(29)9-27(10-16(30)31)21-25-19(22-13-5-1-11(2-6-13)17(32)33)24-20(26-21)23-14-7-3-12(4-8-14)18(34)35/h1-8H,9-10H2,(H,28,29)(H,30,31)(H,32,33)(H,34,35)(H2,22,23,24,25,26). The van der Waals surface area contributed by atoms with Crippen LogP contribution < -0.4 is 15.5 Å². The Kier molecular flexibility index (Phi) is 7.36. The van der Waals surface area contributed by atoms with Gasteiger partial charge in [-0.05, 0) is 48.5 Å². The minimum atomic E-state index is -1.32. The van der Waals surface area contributed by atoms with Crippen molar-refractivity contribution in [2.24, 2.45) is 0 Å². The van der Waals surface area contributed by atoms with Gasteiger partial charge in [0, 0.05) is 11.4 Å². The van der Waals surface area contributed by atoms with Gasteiger partial charge >= 0.3 is 23.9 Å². The maximum atomic E-state index is 11.3. The second kappa shape index (κ2) is 10.6. The third-order valence-corrected chi connectivity index (χ3v) is 4.33. The maximum absolute atomic E-state index is 11.3. The van der Waals surface area contributed by atoms with E-state index in [1.54, 1.807) is 0 Å². The highest BCUT2D eigenvalue weighted by Gasteiger charge is 2.20. The molecule has 0 atom stereocenters. The number of nitrogens with zero attached hydrogens (tertiary/aromatic N) is 4. The first kappa shape index (κ1) is 24.4. The van der Waals surface area contributed by atoms with Gasteiger partial charge in [0.1, 0.15) is 13.1 Å². The molecule has 1 heterocycles. The lowest BCUT2D eigenvalue weighted by Crippen LogP contribution is -2.36. The van der Waals surface area contributed by atoms with Crippen molar-refractivity contribution in [2.75, 3.05) is 28.6 Å². The number of hydrogen-bond acceptors (Lipinski definition) is 10. The van der Waals surface area contributed by atoms with Gasteiger partial charge in [0.25, 0.3) is 0 Å². The quantitative estimate of drug-likeness (QED) is 0.229. The predicted molar refractivity (Wildman–Crippen MR) is 121 cm³/mol. The zero-order chi connectivity index (χ0) is 25.5. The molecule has 3 aromatic rings. The number of carboxylic acids is 4. The van der Waals surface area contributed by atoms with Gasteiger partial charge in [-0.25, -0.2) is 9.59 Å². The SMILES string of the molecule is O=C(O)CN(CC(=O)O)c1nc(Nc2ccc(C(=O)O)cc2)nc(Nc2ccc(C(=O)O)cc2)n1. The number of anilines is 5. The van der Waals surface area contributed by atoms with E-state index >= 15 is 0 Å². The van der Waals surface area contributed by atoms with Crippen molar-refractivity contribution in [1.29, 1.82) is 0 Å². The molecule has 0 aliphatic rings. The third-order valence-electron chi connectivity index (χ3n) is 4.33. The molecule has 3 rings (SSSR count). The lowest BCUT2D eigenvalue weighted by Gasteiger charge is -2.19. The second-order valence-electron chi connectivity index (χ2n) is 6.94. The molecule has 14 heteroatoms. The van der Waals surface area contributed by atoms with Crippen LogP contribution in [0.4, 0.5) is 29.2 Å². The number of aromatic nitrogens is 3. The summed E-state index contributed by atoms with van der Waals surface area (Å²) in [5.41, 5.74) is 0.889. The molecule has 35 heavy (non-hydrogen) atoms. The minimum Gasteiger partial charge on any atom is -0.480 e. The summed E-state index contributed by atoms with van der Waals surface area (Å²) >= 11 is 0. The molecule has 14 nitrogen and oxygen atoms in total. The van der Waals surface area contributed by atoms with Crippen LogP contribution >= 0.6 is 0 Å². The van der Waals surface area contributed by atoms with E-state index in [1.165, 1.54) is 48.5 Å². The van der Waals surface area contributed by atoms with Crippen LogP contribution in [0, 0.1) is 0 Å². The van der Waals surface area contributed by atoms with Crippen LogP contribution in [-0.2, 0) is 9.59 Å². The Morgan fingerprint density at radius 3 is 1.31 bits per heavy atom. The molecule has 0 aliphatic carbocycles. The summed E-state index contributed by atoms with van der Waals surface area (Å²) in [5, 5.41) is 42.1. The molecule has 180 valence electrons. The van der Waals surface area contributed by atoms with E-state index in [0.717, 1.165) is 4.90 Å². The lowest BCUT2D eigenvalue weighted by atomic mass is 10.2. The minimum absolute atomic E-state index is 0.0492. The molecule has 0 saturated heterocycles. The van der Waals surface area contributed by atoms with Crippen LogP contribution in [0.2, 0.25) is 0 Å². The molecule has 0 bridgehead atoms. The van der Waals surface area contributed by atoms with Crippen LogP contribution in [0.15, 0.2) is 48.5 Å². The molecule has 0 saturated carbocycles. The smallest absolute Gasteiger partial charge is 0.335 e.